The largest absolute Gasteiger partial charge is 0.492 e. The van der Waals surface area contributed by atoms with Crippen molar-refractivity contribution in [2.24, 2.45) is 7.05 Å². The summed E-state index contributed by atoms with van der Waals surface area (Å²) in [4.78, 5) is 12.5. The minimum absolute atomic E-state index is 0.0888. The Bertz CT molecular complexity index is 1270. The number of hydrogen-bond donors (Lipinski definition) is 1. The molecule has 0 unspecified atom stereocenters. The van der Waals surface area contributed by atoms with E-state index in [-0.39, 0.29) is 11.7 Å². The number of hydrogen-bond acceptors (Lipinski definition) is 5. The van der Waals surface area contributed by atoms with Crippen LogP contribution in [0.1, 0.15) is 12.2 Å². The van der Waals surface area contributed by atoms with Crippen LogP contribution >= 0.6 is 35.0 Å². The third-order valence-electron chi connectivity index (χ3n) is 5.02. The highest BCUT2D eigenvalue weighted by Gasteiger charge is 2.12. The number of fused-ring (bicyclic) bond motifs is 1. The van der Waals surface area contributed by atoms with E-state index in [2.05, 4.69) is 15.5 Å². The van der Waals surface area contributed by atoms with Crippen LogP contribution in [0.3, 0.4) is 0 Å². The number of ether oxygens (including phenoxy) is 1. The monoisotopic (exact) mass is 500 g/mol. The molecule has 1 N–H and O–H groups in total. The van der Waals surface area contributed by atoms with Crippen molar-refractivity contribution >= 4 is 57.3 Å². The topological polar surface area (TPSA) is 69.0 Å². The lowest BCUT2D eigenvalue weighted by molar-refractivity contribution is -0.113. The molecular weight excluding hydrogens is 479 g/mol. The highest BCUT2D eigenvalue weighted by atomic mass is 35.5. The number of thioether (sulfide) groups is 1. The number of carbonyl (C=O) groups is 1. The van der Waals surface area contributed by atoms with Crippen molar-refractivity contribution in [3.63, 3.8) is 0 Å². The molecule has 1 aromatic heterocycles. The second-order valence-corrected chi connectivity index (χ2v) is 9.13. The quantitative estimate of drug-likeness (QED) is 0.225. The lowest BCUT2D eigenvalue weighted by Crippen LogP contribution is -2.14. The van der Waals surface area contributed by atoms with E-state index in [4.69, 9.17) is 27.9 Å². The van der Waals surface area contributed by atoms with Gasteiger partial charge in [-0.05, 0) is 36.1 Å². The molecule has 0 aliphatic carbocycles. The van der Waals surface area contributed by atoms with Gasteiger partial charge in [-0.1, -0.05) is 71.4 Å². The molecule has 33 heavy (non-hydrogen) atoms. The second-order valence-electron chi connectivity index (χ2n) is 7.35. The maximum absolute atomic E-state index is 12.5. The van der Waals surface area contributed by atoms with Crippen molar-refractivity contribution < 1.29 is 9.53 Å². The first-order valence-corrected chi connectivity index (χ1v) is 12.1. The number of nitrogens with one attached hydrogen (secondary N) is 1. The maximum Gasteiger partial charge on any atom is 0.234 e. The van der Waals surface area contributed by atoms with Gasteiger partial charge in [0.05, 0.1) is 17.4 Å². The molecule has 170 valence electrons. The summed E-state index contributed by atoms with van der Waals surface area (Å²) in [6, 6.07) is 19.0. The molecule has 0 bridgehead atoms. The first-order chi connectivity index (χ1) is 16.0. The normalized spacial score (nSPS) is 11.0. The molecule has 1 heterocycles. The van der Waals surface area contributed by atoms with E-state index in [1.807, 2.05) is 54.1 Å². The number of rotatable bonds is 9. The Hall–Kier alpha value is -2.74. The van der Waals surface area contributed by atoms with Crippen LogP contribution in [0.15, 0.2) is 65.8 Å². The van der Waals surface area contributed by atoms with Gasteiger partial charge in [0.15, 0.2) is 5.16 Å². The Morgan fingerprint density at radius 1 is 1.09 bits per heavy atom. The highest BCUT2D eigenvalue weighted by molar-refractivity contribution is 7.99. The molecular formula is C24H22Cl2N4O2S. The number of carbonyl (C=O) groups excluding carboxylic acids is 1. The number of benzene rings is 3. The average Bonchev–Trinajstić information content (AvgIpc) is 3.16. The van der Waals surface area contributed by atoms with E-state index in [9.17, 15) is 4.79 Å². The average molecular weight is 501 g/mol. The van der Waals surface area contributed by atoms with Gasteiger partial charge in [0, 0.05) is 29.6 Å². The fourth-order valence-electron chi connectivity index (χ4n) is 3.34. The molecule has 0 aliphatic rings. The zero-order chi connectivity index (χ0) is 23.2. The second kappa shape index (κ2) is 10.9. The number of aryl methyl sites for hydroxylation is 1. The van der Waals surface area contributed by atoms with Crippen LogP contribution in [-0.4, -0.2) is 33.0 Å². The van der Waals surface area contributed by atoms with Crippen molar-refractivity contribution in [1.82, 2.24) is 14.8 Å². The Kier molecular flexibility index (Phi) is 7.75. The zero-order valence-electron chi connectivity index (χ0n) is 17.9. The molecule has 0 saturated carbocycles. The number of anilines is 1. The number of aromatic nitrogens is 3. The maximum atomic E-state index is 12.5. The summed E-state index contributed by atoms with van der Waals surface area (Å²) < 4.78 is 7.63. The molecule has 1 amide bonds. The van der Waals surface area contributed by atoms with Crippen LogP contribution in [0, 0.1) is 0 Å². The molecule has 0 aliphatic heterocycles. The van der Waals surface area contributed by atoms with Crippen LogP contribution in [0.5, 0.6) is 5.75 Å². The lowest BCUT2D eigenvalue weighted by atomic mass is 10.1. The number of amides is 1. The van der Waals surface area contributed by atoms with E-state index in [0.29, 0.717) is 34.0 Å². The van der Waals surface area contributed by atoms with E-state index < -0.39 is 0 Å². The lowest BCUT2D eigenvalue weighted by Gasteiger charge is -2.09. The third-order valence-corrected chi connectivity index (χ3v) is 6.57. The first kappa shape index (κ1) is 23.4. The summed E-state index contributed by atoms with van der Waals surface area (Å²) in [6.45, 7) is 0.490. The van der Waals surface area contributed by atoms with Gasteiger partial charge in [-0.25, -0.2) is 0 Å². The van der Waals surface area contributed by atoms with E-state index in [1.165, 1.54) is 11.8 Å². The Labute approximate surface area is 206 Å². The summed E-state index contributed by atoms with van der Waals surface area (Å²) in [6.07, 6.45) is 1.44. The Morgan fingerprint density at radius 3 is 2.76 bits per heavy atom. The predicted molar refractivity (Wildman–Crippen MR) is 135 cm³/mol. The van der Waals surface area contributed by atoms with Crippen molar-refractivity contribution in [3.05, 3.63) is 76.5 Å². The van der Waals surface area contributed by atoms with Crippen LogP contribution < -0.4 is 10.1 Å². The summed E-state index contributed by atoms with van der Waals surface area (Å²) in [5.74, 6) is 1.59. The predicted octanol–water partition coefficient (Wildman–Crippen LogP) is 6.02. The Balaban J connectivity index is 1.26. The molecule has 3 aromatic carbocycles. The number of halogens is 2. The van der Waals surface area contributed by atoms with Gasteiger partial charge < -0.3 is 14.6 Å². The SMILES string of the molecule is Cn1c(CCCOc2ccc(Cl)cc2Cl)nnc1SCC(=O)Nc1cccc2ccccc12. The standard InChI is InChI=1S/C24H22Cl2N4O2S/c1-30-22(10-5-13-32-21-12-11-17(25)14-19(21)26)28-29-24(30)33-15-23(31)27-20-9-4-7-16-6-2-3-8-18(16)20/h2-4,6-9,11-12,14H,5,10,13,15H2,1H3,(H,27,31). The van der Waals surface area contributed by atoms with E-state index >= 15 is 0 Å². The molecule has 9 heteroatoms. The molecule has 4 rings (SSSR count). The molecule has 6 nitrogen and oxygen atoms in total. The molecule has 0 radical (unpaired) electrons. The van der Waals surface area contributed by atoms with E-state index in [1.54, 1.807) is 18.2 Å². The molecule has 4 aromatic rings. The molecule has 0 saturated heterocycles. The van der Waals surface area contributed by atoms with Gasteiger partial charge in [-0.3, -0.25) is 4.79 Å². The van der Waals surface area contributed by atoms with Crippen LogP contribution in [0.25, 0.3) is 10.8 Å². The summed E-state index contributed by atoms with van der Waals surface area (Å²) in [5.41, 5.74) is 0.804. The summed E-state index contributed by atoms with van der Waals surface area (Å²) in [7, 11) is 1.90. The minimum Gasteiger partial charge on any atom is -0.492 e. The van der Waals surface area contributed by atoms with Crippen molar-refractivity contribution in [2.45, 2.75) is 18.0 Å². The van der Waals surface area contributed by atoms with Gasteiger partial charge in [-0.2, -0.15) is 0 Å². The van der Waals surface area contributed by atoms with Crippen LogP contribution in [0.4, 0.5) is 5.69 Å². The highest BCUT2D eigenvalue weighted by Crippen LogP contribution is 2.28. The van der Waals surface area contributed by atoms with E-state index in [0.717, 1.165) is 28.7 Å². The van der Waals surface area contributed by atoms with Crippen molar-refractivity contribution in [3.8, 4) is 5.75 Å². The van der Waals surface area contributed by atoms with Gasteiger partial charge >= 0.3 is 0 Å². The molecule has 0 atom stereocenters. The molecule has 0 spiro atoms. The fraction of sp³-hybridized carbons (Fsp3) is 0.208. The first-order valence-electron chi connectivity index (χ1n) is 10.4. The molecule has 0 fully saturated rings. The zero-order valence-corrected chi connectivity index (χ0v) is 20.3. The summed E-state index contributed by atoms with van der Waals surface area (Å²) >= 11 is 13.4. The smallest absolute Gasteiger partial charge is 0.234 e. The fourth-order valence-corrected chi connectivity index (χ4v) is 4.54. The van der Waals surface area contributed by atoms with Crippen molar-refractivity contribution in [1.29, 1.82) is 0 Å². The van der Waals surface area contributed by atoms with Crippen LogP contribution in [-0.2, 0) is 18.3 Å². The van der Waals surface area contributed by atoms with Gasteiger partial charge in [0.25, 0.3) is 0 Å². The minimum atomic E-state index is -0.0888. The van der Waals surface area contributed by atoms with Gasteiger partial charge in [0.2, 0.25) is 5.91 Å². The van der Waals surface area contributed by atoms with Gasteiger partial charge in [0.1, 0.15) is 11.6 Å². The Morgan fingerprint density at radius 2 is 1.91 bits per heavy atom. The third kappa shape index (κ3) is 5.99. The van der Waals surface area contributed by atoms with Gasteiger partial charge in [-0.15, -0.1) is 10.2 Å². The summed E-state index contributed by atoms with van der Waals surface area (Å²) in [5, 5.41) is 15.3. The van der Waals surface area contributed by atoms with Crippen LogP contribution in [0.2, 0.25) is 10.0 Å². The number of nitrogens with zero attached hydrogens (tertiary/aromatic N) is 3. The van der Waals surface area contributed by atoms with Crippen molar-refractivity contribution in [2.75, 3.05) is 17.7 Å².